The quantitative estimate of drug-likeness (QED) is 0.899. The number of hydrogen-bond donors (Lipinski definition) is 2. The van der Waals surface area contributed by atoms with Crippen LogP contribution in [0.4, 0.5) is 0 Å². The zero-order valence-electron chi connectivity index (χ0n) is 12.6. The van der Waals surface area contributed by atoms with E-state index in [1.54, 1.807) is 37.3 Å². The number of aromatic hydroxyl groups is 2. The maximum atomic E-state index is 9.15. The van der Waals surface area contributed by atoms with E-state index in [0.29, 0.717) is 11.5 Å². The van der Waals surface area contributed by atoms with Gasteiger partial charge in [-0.05, 0) is 55.0 Å². The zero-order chi connectivity index (χ0) is 17.1. The fourth-order valence-corrected chi connectivity index (χ4v) is 1.49. The van der Waals surface area contributed by atoms with Crippen LogP contribution in [0.25, 0.3) is 0 Å². The van der Waals surface area contributed by atoms with Crippen molar-refractivity contribution in [1.29, 1.82) is 10.5 Å². The van der Waals surface area contributed by atoms with Crippen LogP contribution in [0.5, 0.6) is 23.0 Å². The van der Waals surface area contributed by atoms with Crippen LogP contribution in [0.15, 0.2) is 42.5 Å². The predicted molar refractivity (Wildman–Crippen MR) is 83.2 cm³/mol. The van der Waals surface area contributed by atoms with Crippen LogP contribution in [0, 0.1) is 29.6 Å². The molecule has 2 N–H and O–H groups in total. The van der Waals surface area contributed by atoms with Crippen molar-refractivity contribution in [2.24, 2.45) is 0 Å². The molecule has 0 saturated heterocycles. The lowest BCUT2D eigenvalue weighted by molar-refractivity contribution is 0.366. The fourth-order valence-electron chi connectivity index (χ4n) is 1.49. The van der Waals surface area contributed by atoms with Gasteiger partial charge in [0.1, 0.15) is 35.1 Å². The summed E-state index contributed by atoms with van der Waals surface area (Å²) in [5.41, 5.74) is 0.741. The maximum absolute atomic E-state index is 9.15. The Balaban J connectivity index is 0.000000231. The molecule has 0 spiro atoms. The lowest BCUT2D eigenvalue weighted by Crippen LogP contribution is -1.93. The average Bonchev–Trinajstić information content (AvgIpc) is 2.56. The largest absolute Gasteiger partial charge is 0.508 e. The van der Waals surface area contributed by atoms with Crippen molar-refractivity contribution >= 4 is 0 Å². The molecule has 0 atom stereocenters. The highest BCUT2D eigenvalue weighted by molar-refractivity contribution is 5.38. The summed E-state index contributed by atoms with van der Waals surface area (Å²) in [5, 5.41) is 34.4. The van der Waals surface area contributed by atoms with E-state index >= 15 is 0 Å². The first-order chi connectivity index (χ1) is 11.1. The number of hydrogen-bond acceptors (Lipinski definition) is 6. The van der Waals surface area contributed by atoms with Gasteiger partial charge in [0.15, 0.2) is 13.2 Å². The molecule has 2 aromatic rings. The van der Waals surface area contributed by atoms with E-state index < -0.39 is 0 Å². The lowest BCUT2D eigenvalue weighted by Gasteiger charge is -2.03. The van der Waals surface area contributed by atoms with Gasteiger partial charge in [0.25, 0.3) is 0 Å². The van der Waals surface area contributed by atoms with Gasteiger partial charge in [-0.25, -0.2) is 0 Å². The Hall–Kier alpha value is -3.38. The van der Waals surface area contributed by atoms with E-state index in [1.807, 2.05) is 12.1 Å². The molecule has 0 saturated carbocycles. The minimum Gasteiger partial charge on any atom is -0.508 e. The summed E-state index contributed by atoms with van der Waals surface area (Å²) >= 11 is 0. The van der Waals surface area contributed by atoms with Crippen LogP contribution in [0.1, 0.15) is 5.56 Å². The van der Waals surface area contributed by atoms with Gasteiger partial charge in [-0.1, -0.05) is 0 Å². The summed E-state index contributed by atoms with van der Waals surface area (Å²) in [6, 6.07) is 14.8. The molecule has 0 fully saturated rings. The second-order valence-corrected chi connectivity index (χ2v) is 4.34. The molecule has 118 valence electrons. The second-order valence-electron chi connectivity index (χ2n) is 4.34. The number of phenolic OH excluding ortho intramolecular Hbond substituents is 2. The molecule has 2 aromatic carbocycles. The first-order valence-electron chi connectivity index (χ1n) is 6.65. The van der Waals surface area contributed by atoms with Crippen LogP contribution >= 0.6 is 0 Å². The highest BCUT2D eigenvalue weighted by Gasteiger charge is 1.97. The van der Waals surface area contributed by atoms with Crippen LogP contribution < -0.4 is 9.47 Å². The summed E-state index contributed by atoms with van der Waals surface area (Å²) in [6.07, 6.45) is 0. The molecule has 6 nitrogen and oxygen atoms in total. The number of nitrogens with zero attached hydrogens (tertiary/aromatic N) is 2. The SMILES string of the molecule is Cc1cc(OCC#N)ccc1O.N#CCOc1ccc(O)cc1. The first kappa shape index (κ1) is 17.7. The standard InChI is InChI=1S/C9H9NO2.C8H7NO2/c1-7-6-8(12-5-4-10)2-3-9(7)11;9-5-6-11-8-3-1-7(10)2-4-8/h2-3,6,11H,5H2,1H3;1-4,10H,6H2. The molecular formula is C17H16N2O4. The van der Waals surface area contributed by atoms with E-state index in [4.69, 9.17) is 30.2 Å². The van der Waals surface area contributed by atoms with E-state index in [1.165, 1.54) is 12.1 Å². The number of phenols is 2. The first-order valence-corrected chi connectivity index (χ1v) is 6.65. The summed E-state index contributed by atoms with van der Waals surface area (Å²) < 4.78 is 9.96. The van der Waals surface area contributed by atoms with Gasteiger partial charge in [-0.15, -0.1) is 0 Å². The molecule has 0 bridgehead atoms. The zero-order valence-corrected chi connectivity index (χ0v) is 12.6. The molecule has 0 aliphatic carbocycles. The molecule has 0 heterocycles. The Labute approximate surface area is 134 Å². The Bertz CT molecular complexity index is 700. The van der Waals surface area contributed by atoms with Crippen molar-refractivity contribution < 1.29 is 19.7 Å². The normalized spacial score (nSPS) is 8.83. The molecule has 0 aliphatic rings. The number of benzene rings is 2. The summed E-state index contributed by atoms with van der Waals surface area (Å²) in [4.78, 5) is 0. The highest BCUT2D eigenvalue weighted by atomic mass is 16.5. The second kappa shape index (κ2) is 9.54. The summed E-state index contributed by atoms with van der Waals surface area (Å²) in [7, 11) is 0. The molecular weight excluding hydrogens is 296 g/mol. The monoisotopic (exact) mass is 312 g/mol. The lowest BCUT2D eigenvalue weighted by atomic mass is 10.2. The van der Waals surface area contributed by atoms with Crippen molar-refractivity contribution in [3.05, 3.63) is 48.0 Å². The van der Waals surface area contributed by atoms with Gasteiger partial charge in [0, 0.05) is 0 Å². The molecule has 0 unspecified atom stereocenters. The Kier molecular flexibility index (Phi) is 7.33. The maximum Gasteiger partial charge on any atom is 0.174 e. The van der Waals surface area contributed by atoms with Gasteiger partial charge in [-0.2, -0.15) is 10.5 Å². The molecule has 2 rings (SSSR count). The van der Waals surface area contributed by atoms with Crippen molar-refractivity contribution in [2.45, 2.75) is 6.92 Å². The number of rotatable bonds is 4. The topological polar surface area (TPSA) is 106 Å². The Morgan fingerprint density at radius 2 is 1.39 bits per heavy atom. The van der Waals surface area contributed by atoms with Gasteiger partial charge in [0.2, 0.25) is 0 Å². The van der Waals surface area contributed by atoms with Crippen LogP contribution in [0.2, 0.25) is 0 Å². The predicted octanol–water partition coefficient (Wildman–Crippen LogP) is 2.90. The van der Waals surface area contributed by atoms with E-state index in [0.717, 1.165) is 5.56 Å². The molecule has 0 aliphatic heterocycles. The third kappa shape index (κ3) is 6.74. The minimum absolute atomic E-state index is 0.0320. The van der Waals surface area contributed by atoms with E-state index in [9.17, 15) is 0 Å². The number of aryl methyl sites for hydroxylation is 1. The molecule has 6 heteroatoms. The van der Waals surface area contributed by atoms with Crippen molar-refractivity contribution in [3.63, 3.8) is 0 Å². The third-order valence-corrected chi connectivity index (χ3v) is 2.61. The molecule has 23 heavy (non-hydrogen) atoms. The van der Waals surface area contributed by atoms with Crippen LogP contribution in [0.3, 0.4) is 0 Å². The molecule has 0 aromatic heterocycles. The summed E-state index contributed by atoms with van der Waals surface area (Å²) in [5.74, 6) is 1.62. The van der Waals surface area contributed by atoms with Crippen molar-refractivity contribution in [3.8, 4) is 35.1 Å². The molecule has 0 amide bonds. The van der Waals surface area contributed by atoms with Crippen molar-refractivity contribution in [2.75, 3.05) is 13.2 Å². The Morgan fingerprint density at radius 3 is 1.91 bits per heavy atom. The van der Waals surface area contributed by atoms with Crippen LogP contribution in [-0.4, -0.2) is 23.4 Å². The number of ether oxygens (including phenoxy) is 2. The molecule has 0 radical (unpaired) electrons. The Morgan fingerprint density at radius 1 is 0.870 bits per heavy atom. The third-order valence-electron chi connectivity index (χ3n) is 2.61. The van der Waals surface area contributed by atoms with E-state index in [2.05, 4.69) is 0 Å². The minimum atomic E-state index is 0.0320. The van der Waals surface area contributed by atoms with Gasteiger partial charge < -0.3 is 19.7 Å². The smallest absolute Gasteiger partial charge is 0.174 e. The highest BCUT2D eigenvalue weighted by Crippen LogP contribution is 2.21. The van der Waals surface area contributed by atoms with Gasteiger partial charge in [0.05, 0.1) is 0 Å². The fraction of sp³-hybridized carbons (Fsp3) is 0.176. The number of nitriles is 2. The van der Waals surface area contributed by atoms with Gasteiger partial charge in [-0.3, -0.25) is 0 Å². The summed E-state index contributed by atoms with van der Waals surface area (Å²) in [6.45, 7) is 1.84. The van der Waals surface area contributed by atoms with E-state index in [-0.39, 0.29) is 24.7 Å². The van der Waals surface area contributed by atoms with Crippen molar-refractivity contribution in [1.82, 2.24) is 0 Å². The van der Waals surface area contributed by atoms with Crippen LogP contribution in [-0.2, 0) is 0 Å². The van der Waals surface area contributed by atoms with Gasteiger partial charge >= 0.3 is 0 Å². The average molecular weight is 312 g/mol.